The van der Waals surface area contributed by atoms with Crippen molar-refractivity contribution < 1.29 is 13.2 Å². The van der Waals surface area contributed by atoms with Gasteiger partial charge in [0, 0.05) is 19.8 Å². The summed E-state index contributed by atoms with van der Waals surface area (Å²) in [6.45, 7) is 2.14. The SMILES string of the molecule is Cc1cccc(N(CC(=O)NCCCc2cnn(C)c2)S(C)(=O)=O)c1. The molecule has 0 aliphatic rings. The van der Waals surface area contributed by atoms with Crippen molar-refractivity contribution in [1.29, 1.82) is 0 Å². The molecular weight excluding hydrogens is 340 g/mol. The van der Waals surface area contributed by atoms with Crippen LogP contribution in [0.4, 0.5) is 5.69 Å². The zero-order valence-corrected chi connectivity index (χ0v) is 15.6. The van der Waals surface area contributed by atoms with E-state index in [4.69, 9.17) is 0 Å². The van der Waals surface area contributed by atoms with E-state index in [1.807, 2.05) is 26.2 Å². The monoisotopic (exact) mass is 364 g/mol. The van der Waals surface area contributed by atoms with Crippen LogP contribution in [-0.2, 0) is 28.3 Å². The second-order valence-corrected chi connectivity index (χ2v) is 7.99. The van der Waals surface area contributed by atoms with Crippen molar-refractivity contribution in [2.45, 2.75) is 19.8 Å². The molecule has 0 atom stereocenters. The minimum absolute atomic E-state index is 0.227. The lowest BCUT2D eigenvalue weighted by Crippen LogP contribution is -2.40. The molecule has 1 N–H and O–H groups in total. The Hall–Kier alpha value is -2.35. The first-order valence-electron chi connectivity index (χ1n) is 8.04. The molecule has 0 saturated carbocycles. The summed E-state index contributed by atoms with van der Waals surface area (Å²) < 4.78 is 26.9. The van der Waals surface area contributed by atoms with Gasteiger partial charge in [-0.2, -0.15) is 5.10 Å². The van der Waals surface area contributed by atoms with Gasteiger partial charge in [0.05, 0.1) is 18.1 Å². The van der Waals surface area contributed by atoms with E-state index in [1.54, 1.807) is 29.1 Å². The highest BCUT2D eigenvalue weighted by molar-refractivity contribution is 7.92. The summed E-state index contributed by atoms with van der Waals surface area (Å²) in [7, 11) is -1.68. The van der Waals surface area contributed by atoms with E-state index in [2.05, 4.69) is 10.4 Å². The van der Waals surface area contributed by atoms with Crippen molar-refractivity contribution in [2.24, 2.45) is 7.05 Å². The first-order chi connectivity index (χ1) is 11.8. The Morgan fingerprint density at radius 3 is 2.72 bits per heavy atom. The van der Waals surface area contributed by atoms with Crippen LogP contribution in [0.2, 0.25) is 0 Å². The van der Waals surface area contributed by atoms with Gasteiger partial charge >= 0.3 is 0 Å². The Labute approximate surface area is 148 Å². The Balaban J connectivity index is 1.89. The van der Waals surface area contributed by atoms with Crippen LogP contribution in [0, 0.1) is 6.92 Å². The molecular formula is C17H24N4O3S. The van der Waals surface area contributed by atoms with Crippen molar-refractivity contribution in [3.8, 4) is 0 Å². The van der Waals surface area contributed by atoms with Crippen LogP contribution in [-0.4, -0.2) is 43.5 Å². The number of aryl methyl sites for hydroxylation is 3. The van der Waals surface area contributed by atoms with Crippen LogP contribution in [0.5, 0.6) is 0 Å². The molecule has 1 amide bonds. The number of anilines is 1. The third-order valence-electron chi connectivity index (χ3n) is 3.70. The first kappa shape index (κ1) is 19.0. The van der Waals surface area contributed by atoms with E-state index in [-0.39, 0.29) is 12.5 Å². The van der Waals surface area contributed by atoms with Gasteiger partial charge in [-0.15, -0.1) is 0 Å². The van der Waals surface area contributed by atoms with E-state index in [9.17, 15) is 13.2 Å². The molecule has 0 fully saturated rings. The van der Waals surface area contributed by atoms with Crippen LogP contribution in [0.15, 0.2) is 36.7 Å². The standard InChI is InChI=1S/C17H24N4O3S/c1-14-6-4-8-16(10-14)21(25(3,23)24)13-17(22)18-9-5-7-15-11-19-20(2)12-15/h4,6,8,10-12H,5,7,9,13H2,1-3H3,(H,18,22). The lowest BCUT2D eigenvalue weighted by molar-refractivity contribution is -0.119. The second-order valence-electron chi connectivity index (χ2n) is 6.08. The Morgan fingerprint density at radius 2 is 2.12 bits per heavy atom. The molecule has 1 aromatic carbocycles. The van der Waals surface area contributed by atoms with E-state index < -0.39 is 10.0 Å². The lowest BCUT2D eigenvalue weighted by Gasteiger charge is -2.22. The van der Waals surface area contributed by atoms with Crippen molar-refractivity contribution in [3.63, 3.8) is 0 Å². The predicted molar refractivity (Wildman–Crippen MR) is 97.9 cm³/mol. The van der Waals surface area contributed by atoms with E-state index in [0.29, 0.717) is 12.2 Å². The van der Waals surface area contributed by atoms with Crippen LogP contribution in [0.1, 0.15) is 17.5 Å². The van der Waals surface area contributed by atoms with E-state index >= 15 is 0 Å². The fourth-order valence-corrected chi connectivity index (χ4v) is 3.34. The van der Waals surface area contributed by atoms with Crippen molar-refractivity contribution >= 4 is 21.6 Å². The molecule has 0 radical (unpaired) electrons. The van der Waals surface area contributed by atoms with Gasteiger partial charge in [0.25, 0.3) is 0 Å². The molecule has 8 heteroatoms. The first-order valence-corrected chi connectivity index (χ1v) is 9.89. The van der Waals surface area contributed by atoms with Crippen molar-refractivity contribution in [1.82, 2.24) is 15.1 Å². The number of benzene rings is 1. The van der Waals surface area contributed by atoms with E-state index in [0.717, 1.165) is 34.5 Å². The molecule has 0 saturated heterocycles. The molecule has 136 valence electrons. The highest BCUT2D eigenvalue weighted by Crippen LogP contribution is 2.18. The van der Waals surface area contributed by atoms with Crippen LogP contribution in [0.25, 0.3) is 0 Å². The maximum absolute atomic E-state index is 12.1. The van der Waals surface area contributed by atoms with Crippen molar-refractivity contribution in [3.05, 3.63) is 47.8 Å². The quantitative estimate of drug-likeness (QED) is 0.715. The Bertz CT molecular complexity index is 830. The van der Waals surface area contributed by atoms with E-state index in [1.165, 1.54) is 0 Å². The van der Waals surface area contributed by atoms with Gasteiger partial charge < -0.3 is 5.32 Å². The van der Waals surface area contributed by atoms with Crippen LogP contribution < -0.4 is 9.62 Å². The molecule has 2 rings (SSSR count). The third kappa shape index (κ3) is 5.90. The van der Waals surface area contributed by atoms with Gasteiger partial charge in [0.2, 0.25) is 15.9 Å². The third-order valence-corrected chi connectivity index (χ3v) is 4.84. The smallest absolute Gasteiger partial charge is 0.240 e. The largest absolute Gasteiger partial charge is 0.355 e. The molecule has 2 aromatic rings. The molecule has 0 aliphatic heterocycles. The molecule has 1 aromatic heterocycles. The van der Waals surface area contributed by atoms with Gasteiger partial charge in [-0.1, -0.05) is 12.1 Å². The highest BCUT2D eigenvalue weighted by Gasteiger charge is 2.20. The van der Waals surface area contributed by atoms with Crippen LogP contribution >= 0.6 is 0 Å². The molecule has 0 spiro atoms. The molecule has 1 heterocycles. The Morgan fingerprint density at radius 1 is 1.36 bits per heavy atom. The van der Waals surface area contributed by atoms with Crippen LogP contribution in [0.3, 0.4) is 0 Å². The highest BCUT2D eigenvalue weighted by atomic mass is 32.2. The maximum Gasteiger partial charge on any atom is 0.240 e. The minimum atomic E-state index is -3.54. The predicted octanol–water partition coefficient (Wildman–Crippen LogP) is 1.24. The molecule has 7 nitrogen and oxygen atoms in total. The molecule has 0 bridgehead atoms. The average molecular weight is 364 g/mol. The lowest BCUT2D eigenvalue weighted by atomic mass is 10.2. The molecule has 25 heavy (non-hydrogen) atoms. The number of carbonyl (C=O) groups is 1. The number of hydrogen-bond donors (Lipinski definition) is 1. The fourth-order valence-electron chi connectivity index (χ4n) is 2.49. The summed E-state index contributed by atoms with van der Waals surface area (Å²) in [4.78, 5) is 12.1. The summed E-state index contributed by atoms with van der Waals surface area (Å²) in [5, 5.41) is 6.87. The molecule has 0 aliphatic carbocycles. The number of nitrogens with one attached hydrogen (secondary N) is 1. The van der Waals surface area contributed by atoms with Crippen molar-refractivity contribution in [2.75, 3.05) is 23.7 Å². The number of nitrogens with zero attached hydrogens (tertiary/aromatic N) is 3. The summed E-state index contributed by atoms with van der Waals surface area (Å²) in [6.07, 6.45) is 6.41. The molecule has 0 unspecified atom stereocenters. The summed E-state index contributed by atoms with van der Waals surface area (Å²) in [5.74, 6) is -0.321. The maximum atomic E-state index is 12.1. The number of aromatic nitrogens is 2. The van der Waals surface area contributed by atoms with Gasteiger partial charge in [0.15, 0.2) is 0 Å². The summed E-state index contributed by atoms with van der Waals surface area (Å²) in [5.41, 5.74) is 2.53. The Kier molecular flexibility index (Phi) is 6.19. The minimum Gasteiger partial charge on any atom is -0.355 e. The summed E-state index contributed by atoms with van der Waals surface area (Å²) in [6, 6.07) is 7.08. The number of hydrogen-bond acceptors (Lipinski definition) is 4. The number of amides is 1. The van der Waals surface area contributed by atoms with Gasteiger partial charge in [0.1, 0.15) is 6.54 Å². The van der Waals surface area contributed by atoms with Gasteiger partial charge in [-0.05, 0) is 43.0 Å². The number of sulfonamides is 1. The average Bonchev–Trinajstić information content (AvgIpc) is 2.93. The zero-order valence-electron chi connectivity index (χ0n) is 14.8. The fraction of sp³-hybridized carbons (Fsp3) is 0.412. The number of rotatable bonds is 8. The topological polar surface area (TPSA) is 84.3 Å². The zero-order chi connectivity index (χ0) is 18.4. The van der Waals surface area contributed by atoms with Gasteiger partial charge in [-0.25, -0.2) is 8.42 Å². The van der Waals surface area contributed by atoms with Gasteiger partial charge in [-0.3, -0.25) is 13.8 Å². The normalized spacial score (nSPS) is 11.3. The second kappa shape index (κ2) is 8.15. The summed E-state index contributed by atoms with van der Waals surface area (Å²) >= 11 is 0. The number of carbonyl (C=O) groups excluding carboxylic acids is 1.